The minimum atomic E-state index is -3.53. The van der Waals surface area contributed by atoms with Gasteiger partial charge < -0.3 is 9.72 Å². The number of nitrogens with one attached hydrogen (secondary N) is 2. The molecule has 1 atom stereocenters. The lowest BCUT2D eigenvalue weighted by Gasteiger charge is -2.30. The highest BCUT2D eigenvalue weighted by Gasteiger charge is 2.33. The fraction of sp³-hybridized carbons (Fsp3) is 0.455. The van der Waals surface area contributed by atoms with Crippen LogP contribution in [0.3, 0.4) is 0 Å². The Hall–Kier alpha value is -1.71. The summed E-state index contributed by atoms with van der Waals surface area (Å²) in [5.41, 5.74) is 0.915. The van der Waals surface area contributed by atoms with Crippen molar-refractivity contribution in [3.63, 3.8) is 0 Å². The molecule has 0 unspecified atom stereocenters. The van der Waals surface area contributed by atoms with Crippen LogP contribution < -0.4 is 0 Å². The number of hydrogen-bond donors (Lipinski definition) is 2. The predicted molar refractivity (Wildman–Crippen MR) is 69.4 cm³/mol. The zero-order valence-electron chi connectivity index (χ0n) is 10.9. The summed E-state index contributed by atoms with van der Waals surface area (Å²) in [4.78, 5) is 7.44. The molecule has 1 saturated heterocycles. The average molecular weight is 297 g/mol. The van der Waals surface area contributed by atoms with Gasteiger partial charge in [-0.25, -0.2) is 13.4 Å². The fourth-order valence-corrected chi connectivity index (χ4v) is 3.47. The van der Waals surface area contributed by atoms with E-state index in [1.165, 1.54) is 16.7 Å². The van der Waals surface area contributed by atoms with E-state index in [4.69, 9.17) is 4.74 Å². The molecule has 20 heavy (non-hydrogen) atoms. The molecule has 0 spiro atoms. The minimum absolute atomic E-state index is 0.161. The van der Waals surface area contributed by atoms with E-state index in [9.17, 15) is 8.42 Å². The summed E-state index contributed by atoms with van der Waals surface area (Å²) in [7, 11) is -3.53. The highest BCUT2D eigenvalue weighted by Crippen LogP contribution is 2.24. The van der Waals surface area contributed by atoms with Crippen LogP contribution in [0.1, 0.15) is 17.6 Å². The van der Waals surface area contributed by atoms with Crippen molar-refractivity contribution in [3.8, 4) is 0 Å². The van der Waals surface area contributed by atoms with Gasteiger partial charge in [-0.2, -0.15) is 9.40 Å². The first-order valence-corrected chi connectivity index (χ1v) is 7.63. The minimum Gasteiger partial charge on any atom is -0.368 e. The molecule has 108 valence electrons. The van der Waals surface area contributed by atoms with Crippen molar-refractivity contribution in [1.29, 1.82) is 0 Å². The monoisotopic (exact) mass is 297 g/mol. The van der Waals surface area contributed by atoms with Gasteiger partial charge in [0.2, 0.25) is 10.0 Å². The van der Waals surface area contributed by atoms with Crippen LogP contribution in [-0.2, 0) is 14.8 Å². The van der Waals surface area contributed by atoms with Crippen molar-refractivity contribution in [1.82, 2.24) is 24.5 Å². The number of H-pyrrole nitrogens is 2. The molecule has 1 aliphatic rings. The molecule has 3 rings (SSSR count). The highest BCUT2D eigenvalue weighted by atomic mass is 32.2. The Morgan fingerprint density at radius 2 is 2.30 bits per heavy atom. The first-order valence-electron chi connectivity index (χ1n) is 6.19. The molecule has 0 amide bonds. The summed E-state index contributed by atoms with van der Waals surface area (Å²) in [5.74, 6) is 0.648. The molecule has 0 saturated carbocycles. The van der Waals surface area contributed by atoms with E-state index in [-0.39, 0.29) is 17.5 Å². The second kappa shape index (κ2) is 5.00. The number of rotatable bonds is 3. The molecule has 9 heteroatoms. The summed E-state index contributed by atoms with van der Waals surface area (Å²) in [5, 5.41) is 6.20. The molecule has 2 N–H and O–H groups in total. The normalized spacial score (nSPS) is 21.1. The molecule has 0 aromatic carbocycles. The fourth-order valence-electron chi connectivity index (χ4n) is 2.14. The molecule has 2 aromatic heterocycles. The van der Waals surface area contributed by atoms with Gasteiger partial charge in [0.1, 0.15) is 16.8 Å². The average Bonchev–Trinajstić information content (AvgIpc) is 3.10. The number of aromatic amines is 2. The largest absolute Gasteiger partial charge is 0.368 e. The number of aryl methyl sites for hydroxylation is 1. The molecule has 8 nitrogen and oxygen atoms in total. The van der Waals surface area contributed by atoms with Crippen LogP contribution in [0.25, 0.3) is 0 Å². The van der Waals surface area contributed by atoms with E-state index in [1.807, 2.05) is 6.92 Å². The van der Waals surface area contributed by atoms with Crippen LogP contribution in [0.4, 0.5) is 0 Å². The highest BCUT2D eigenvalue weighted by molar-refractivity contribution is 7.89. The number of nitrogens with zero attached hydrogens (tertiary/aromatic N) is 3. The number of aromatic nitrogens is 4. The van der Waals surface area contributed by atoms with Gasteiger partial charge in [0.05, 0.1) is 12.8 Å². The molecular weight excluding hydrogens is 282 g/mol. The molecule has 1 aliphatic heterocycles. The first kappa shape index (κ1) is 13.3. The SMILES string of the molecule is Cc1cnc([C@@H]2CN(S(=O)(=O)c3cn[nH]c3)CCO2)[nH]1. The van der Waals surface area contributed by atoms with Crippen LogP contribution in [0, 0.1) is 6.92 Å². The third-order valence-electron chi connectivity index (χ3n) is 3.17. The number of morpholine rings is 1. The van der Waals surface area contributed by atoms with Gasteiger partial charge in [-0.15, -0.1) is 0 Å². The number of imidazole rings is 1. The van der Waals surface area contributed by atoms with Crippen LogP contribution in [0.2, 0.25) is 0 Å². The second-order valence-electron chi connectivity index (χ2n) is 4.61. The van der Waals surface area contributed by atoms with Crippen LogP contribution in [-0.4, -0.2) is 52.6 Å². The second-order valence-corrected chi connectivity index (χ2v) is 6.55. The molecule has 0 bridgehead atoms. The van der Waals surface area contributed by atoms with Crippen LogP contribution in [0.5, 0.6) is 0 Å². The van der Waals surface area contributed by atoms with Gasteiger partial charge in [-0.1, -0.05) is 0 Å². The quantitative estimate of drug-likeness (QED) is 0.842. The van der Waals surface area contributed by atoms with Crippen molar-refractivity contribution in [2.24, 2.45) is 0 Å². The number of ether oxygens (including phenoxy) is 1. The number of hydrogen-bond acceptors (Lipinski definition) is 5. The van der Waals surface area contributed by atoms with Gasteiger partial charge in [-0.3, -0.25) is 5.10 Å². The molecule has 2 aromatic rings. The Labute approximate surface area is 116 Å². The van der Waals surface area contributed by atoms with E-state index < -0.39 is 10.0 Å². The van der Waals surface area contributed by atoms with Gasteiger partial charge in [0.15, 0.2) is 0 Å². The van der Waals surface area contributed by atoms with Gasteiger partial charge in [-0.05, 0) is 6.92 Å². The summed E-state index contributed by atoms with van der Waals surface area (Å²) in [6, 6.07) is 0. The lowest BCUT2D eigenvalue weighted by atomic mass is 10.3. The Balaban J connectivity index is 1.82. The summed E-state index contributed by atoms with van der Waals surface area (Å²) in [6.07, 6.45) is 4.00. The molecule has 3 heterocycles. The molecular formula is C11H15N5O3S. The maximum atomic E-state index is 12.4. The Bertz CT molecular complexity index is 679. The smallest absolute Gasteiger partial charge is 0.246 e. The van der Waals surface area contributed by atoms with E-state index in [0.29, 0.717) is 19.0 Å². The maximum absolute atomic E-state index is 12.4. The predicted octanol–water partition coefficient (Wildman–Crippen LogP) is 0.203. The number of sulfonamides is 1. The lowest BCUT2D eigenvalue weighted by molar-refractivity contribution is -0.00710. The van der Waals surface area contributed by atoms with Crippen molar-refractivity contribution < 1.29 is 13.2 Å². The maximum Gasteiger partial charge on any atom is 0.246 e. The Morgan fingerprint density at radius 1 is 1.45 bits per heavy atom. The zero-order chi connectivity index (χ0) is 14.2. The van der Waals surface area contributed by atoms with Crippen LogP contribution in [0.15, 0.2) is 23.5 Å². The zero-order valence-corrected chi connectivity index (χ0v) is 11.7. The van der Waals surface area contributed by atoms with Crippen molar-refractivity contribution >= 4 is 10.0 Å². The van der Waals surface area contributed by atoms with E-state index in [1.54, 1.807) is 6.20 Å². The van der Waals surface area contributed by atoms with Crippen molar-refractivity contribution in [3.05, 3.63) is 30.1 Å². The third kappa shape index (κ3) is 2.35. The lowest BCUT2D eigenvalue weighted by Crippen LogP contribution is -2.42. The van der Waals surface area contributed by atoms with Crippen molar-refractivity contribution in [2.45, 2.75) is 17.9 Å². The van der Waals surface area contributed by atoms with E-state index in [2.05, 4.69) is 20.2 Å². The van der Waals surface area contributed by atoms with Gasteiger partial charge in [0, 0.05) is 31.2 Å². The molecule has 0 radical (unpaired) electrons. The van der Waals surface area contributed by atoms with E-state index in [0.717, 1.165) is 5.69 Å². The molecule has 0 aliphatic carbocycles. The van der Waals surface area contributed by atoms with Crippen molar-refractivity contribution in [2.75, 3.05) is 19.7 Å². The third-order valence-corrected chi connectivity index (χ3v) is 5.00. The summed E-state index contributed by atoms with van der Waals surface area (Å²) >= 11 is 0. The van der Waals surface area contributed by atoms with Crippen LogP contribution >= 0.6 is 0 Å². The van der Waals surface area contributed by atoms with Gasteiger partial charge >= 0.3 is 0 Å². The molecule has 1 fully saturated rings. The van der Waals surface area contributed by atoms with Gasteiger partial charge in [0.25, 0.3) is 0 Å². The topological polar surface area (TPSA) is 104 Å². The summed E-state index contributed by atoms with van der Waals surface area (Å²) in [6.45, 7) is 2.78. The standard InChI is InChI=1S/C11H15N5O3S/c1-8-4-12-11(15-8)10-7-16(2-3-19-10)20(17,18)9-5-13-14-6-9/h4-6,10H,2-3,7H2,1H3,(H,12,15)(H,13,14)/t10-/m0/s1. The Morgan fingerprint density at radius 3 is 2.95 bits per heavy atom. The first-order chi connectivity index (χ1) is 9.57. The Kier molecular flexibility index (Phi) is 3.32. The van der Waals surface area contributed by atoms with E-state index >= 15 is 0 Å². The summed E-state index contributed by atoms with van der Waals surface area (Å²) < 4.78 is 31.8.